The second-order valence-electron chi connectivity index (χ2n) is 3.35. The second kappa shape index (κ2) is 3.19. The minimum absolute atomic E-state index is 0.374. The van der Waals surface area contributed by atoms with Gasteiger partial charge in [-0.15, -0.1) is 23.5 Å². The van der Waals surface area contributed by atoms with Crippen molar-refractivity contribution in [3.63, 3.8) is 0 Å². The minimum atomic E-state index is 0.374. The first-order valence-corrected chi connectivity index (χ1v) is 6.14. The third kappa shape index (κ3) is 1.56. The molecular weight excluding hydrogens is 176 g/mol. The van der Waals surface area contributed by atoms with Crippen LogP contribution in [0.1, 0.15) is 25.7 Å². The maximum absolute atomic E-state index is 8.98. The first-order chi connectivity index (χ1) is 5.35. The molecule has 1 aliphatic heterocycles. The van der Waals surface area contributed by atoms with Gasteiger partial charge in [-0.05, 0) is 12.8 Å². The maximum atomic E-state index is 8.98. The Labute approximate surface area is 76.3 Å². The number of hydrogen-bond acceptors (Lipinski definition) is 3. The lowest BCUT2D eigenvalue weighted by Gasteiger charge is -2.20. The molecular formula is C8H14OS2. The highest BCUT2D eigenvalue weighted by Gasteiger charge is 2.42. The van der Waals surface area contributed by atoms with E-state index in [1.165, 1.54) is 31.4 Å². The van der Waals surface area contributed by atoms with Crippen LogP contribution in [0.15, 0.2) is 0 Å². The molecule has 0 unspecified atom stereocenters. The van der Waals surface area contributed by atoms with Crippen LogP contribution in [0.5, 0.6) is 0 Å². The molecule has 0 aromatic rings. The van der Waals surface area contributed by atoms with Crippen LogP contribution in [0.3, 0.4) is 0 Å². The van der Waals surface area contributed by atoms with E-state index in [4.69, 9.17) is 5.11 Å². The summed E-state index contributed by atoms with van der Waals surface area (Å²) < 4.78 is 0.535. The van der Waals surface area contributed by atoms with Crippen molar-refractivity contribution in [1.82, 2.24) is 0 Å². The Kier molecular flexibility index (Phi) is 2.40. The van der Waals surface area contributed by atoms with Gasteiger partial charge < -0.3 is 5.11 Å². The van der Waals surface area contributed by atoms with Crippen molar-refractivity contribution in [3.05, 3.63) is 0 Å². The van der Waals surface area contributed by atoms with Gasteiger partial charge in [0.1, 0.15) is 0 Å². The van der Waals surface area contributed by atoms with Crippen molar-refractivity contribution in [2.75, 3.05) is 12.4 Å². The van der Waals surface area contributed by atoms with E-state index >= 15 is 0 Å². The van der Waals surface area contributed by atoms with Gasteiger partial charge in [-0.1, -0.05) is 12.8 Å². The zero-order valence-electron chi connectivity index (χ0n) is 6.58. The van der Waals surface area contributed by atoms with Crippen LogP contribution >= 0.6 is 23.5 Å². The van der Waals surface area contributed by atoms with Gasteiger partial charge >= 0.3 is 0 Å². The van der Waals surface area contributed by atoms with Crippen LogP contribution < -0.4 is 0 Å². The zero-order chi connectivity index (χ0) is 7.73. The van der Waals surface area contributed by atoms with E-state index in [9.17, 15) is 0 Å². The highest BCUT2D eigenvalue weighted by Crippen LogP contribution is 2.56. The SMILES string of the molecule is OC[C@@H]1CSC2(CCCC2)S1. The smallest absolute Gasteiger partial charge is 0.0615 e. The molecule has 1 aliphatic carbocycles. The lowest BCUT2D eigenvalue weighted by Crippen LogP contribution is -2.12. The zero-order valence-corrected chi connectivity index (χ0v) is 8.22. The van der Waals surface area contributed by atoms with Crippen LogP contribution in [-0.4, -0.2) is 26.8 Å². The molecule has 1 nitrogen and oxygen atoms in total. The third-order valence-corrected chi connectivity index (χ3v) is 6.33. The van der Waals surface area contributed by atoms with Crippen molar-refractivity contribution in [2.45, 2.75) is 35.0 Å². The number of thioether (sulfide) groups is 2. The van der Waals surface area contributed by atoms with Crippen molar-refractivity contribution in [3.8, 4) is 0 Å². The Hall–Kier alpha value is 0.660. The largest absolute Gasteiger partial charge is 0.395 e. The molecule has 2 fully saturated rings. The average Bonchev–Trinajstić information content (AvgIpc) is 2.62. The van der Waals surface area contributed by atoms with Crippen LogP contribution in [-0.2, 0) is 0 Å². The summed E-state index contributed by atoms with van der Waals surface area (Å²) in [6.45, 7) is 0.374. The van der Waals surface area contributed by atoms with E-state index < -0.39 is 0 Å². The summed E-state index contributed by atoms with van der Waals surface area (Å²) >= 11 is 4.12. The van der Waals surface area contributed by atoms with Gasteiger partial charge in [0.25, 0.3) is 0 Å². The third-order valence-electron chi connectivity index (χ3n) is 2.48. The molecule has 2 aliphatic rings. The molecule has 2 rings (SSSR count). The molecule has 0 radical (unpaired) electrons. The Morgan fingerprint density at radius 2 is 2.09 bits per heavy atom. The van der Waals surface area contributed by atoms with Gasteiger partial charge in [0.2, 0.25) is 0 Å². The molecule has 1 saturated carbocycles. The monoisotopic (exact) mass is 190 g/mol. The topological polar surface area (TPSA) is 20.2 Å². The molecule has 64 valence electrons. The molecule has 1 heterocycles. The summed E-state index contributed by atoms with van der Waals surface area (Å²) in [6, 6.07) is 0. The Bertz CT molecular complexity index is 143. The van der Waals surface area contributed by atoms with Gasteiger partial charge in [-0.2, -0.15) is 0 Å². The molecule has 0 amide bonds. The molecule has 1 atom stereocenters. The predicted molar refractivity (Wildman–Crippen MR) is 52.1 cm³/mol. The van der Waals surface area contributed by atoms with E-state index in [1.54, 1.807) is 0 Å². The highest BCUT2D eigenvalue weighted by molar-refractivity contribution is 8.21. The number of hydrogen-bond donors (Lipinski definition) is 1. The summed E-state index contributed by atoms with van der Waals surface area (Å²) in [7, 11) is 0. The van der Waals surface area contributed by atoms with Crippen molar-refractivity contribution < 1.29 is 5.11 Å². The molecule has 1 spiro atoms. The molecule has 1 saturated heterocycles. The van der Waals surface area contributed by atoms with Gasteiger partial charge in [-0.25, -0.2) is 0 Å². The lowest BCUT2D eigenvalue weighted by molar-refractivity contribution is 0.301. The summed E-state index contributed by atoms with van der Waals surface area (Å²) in [4.78, 5) is 0. The summed E-state index contributed by atoms with van der Waals surface area (Å²) in [5, 5.41) is 9.50. The Balaban J connectivity index is 1.96. The Morgan fingerprint density at radius 1 is 1.36 bits per heavy atom. The normalized spacial score (nSPS) is 35.2. The van der Waals surface area contributed by atoms with E-state index in [-0.39, 0.29) is 0 Å². The fraction of sp³-hybridized carbons (Fsp3) is 1.00. The molecule has 0 aromatic carbocycles. The summed E-state index contributed by atoms with van der Waals surface area (Å²) in [5.74, 6) is 1.17. The summed E-state index contributed by atoms with van der Waals surface area (Å²) in [6.07, 6.45) is 5.55. The lowest BCUT2D eigenvalue weighted by atomic mass is 10.4. The van der Waals surface area contributed by atoms with Gasteiger partial charge in [0.05, 0.1) is 10.7 Å². The van der Waals surface area contributed by atoms with Crippen molar-refractivity contribution in [2.24, 2.45) is 0 Å². The van der Waals surface area contributed by atoms with E-state index in [1.807, 2.05) is 11.8 Å². The van der Waals surface area contributed by atoms with Crippen molar-refractivity contribution in [1.29, 1.82) is 0 Å². The fourth-order valence-electron chi connectivity index (χ4n) is 1.88. The number of aliphatic hydroxyl groups is 1. The molecule has 3 heteroatoms. The second-order valence-corrected chi connectivity index (χ2v) is 6.70. The standard InChI is InChI=1S/C8H14OS2/c9-5-7-6-10-8(11-7)3-1-2-4-8/h7,9H,1-6H2/t7-/m1/s1. The van der Waals surface area contributed by atoms with Crippen LogP contribution in [0.2, 0.25) is 0 Å². The number of aliphatic hydroxyl groups excluding tert-OH is 1. The van der Waals surface area contributed by atoms with Gasteiger partial charge in [0, 0.05) is 11.0 Å². The molecule has 11 heavy (non-hydrogen) atoms. The van der Waals surface area contributed by atoms with E-state index in [0.29, 0.717) is 15.9 Å². The first kappa shape index (κ1) is 8.27. The molecule has 1 N–H and O–H groups in total. The van der Waals surface area contributed by atoms with E-state index in [0.717, 1.165) is 0 Å². The average molecular weight is 190 g/mol. The molecule has 0 bridgehead atoms. The van der Waals surface area contributed by atoms with Crippen LogP contribution in [0.25, 0.3) is 0 Å². The van der Waals surface area contributed by atoms with Crippen LogP contribution in [0.4, 0.5) is 0 Å². The Morgan fingerprint density at radius 3 is 2.64 bits per heavy atom. The van der Waals surface area contributed by atoms with E-state index in [2.05, 4.69) is 11.8 Å². The quantitative estimate of drug-likeness (QED) is 0.684. The van der Waals surface area contributed by atoms with Crippen LogP contribution in [0, 0.1) is 0 Å². The fourth-order valence-corrected chi connectivity index (χ4v) is 5.62. The van der Waals surface area contributed by atoms with Gasteiger partial charge in [0.15, 0.2) is 0 Å². The van der Waals surface area contributed by atoms with Crippen molar-refractivity contribution >= 4 is 23.5 Å². The van der Waals surface area contributed by atoms with Gasteiger partial charge in [-0.3, -0.25) is 0 Å². The maximum Gasteiger partial charge on any atom is 0.0615 e. The predicted octanol–water partition coefficient (Wildman–Crippen LogP) is 2.10. The summed E-state index contributed by atoms with van der Waals surface area (Å²) in [5.41, 5.74) is 0. The minimum Gasteiger partial charge on any atom is -0.395 e. The number of rotatable bonds is 1. The molecule has 0 aromatic heterocycles. The highest BCUT2D eigenvalue weighted by atomic mass is 32.2. The first-order valence-electron chi connectivity index (χ1n) is 4.27.